The number of fused-ring (bicyclic) bond motifs is 1. The molecule has 1 aliphatic rings. The van der Waals surface area contributed by atoms with Crippen LogP contribution >= 0.6 is 0 Å². The summed E-state index contributed by atoms with van der Waals surface area (Å²) in [7, 11) is 0. The van der Waals surface area contributed by atoms with E-state index >= 15 is 0 Å². The fraction of sp³-hybridized carbons (Fsp3) is 0.500. The zero-order chi connectivity index (χ0) is 24.5. The molecule has 0 fully saturated rings. The molecule has 2 rings (SSSR count). The summed E-state index contributed by atoms with van der Waals surface area (Å²) in [6, 6.07) is 7.27. The molecule has 2 atom stereocenters. The van der Waals surface area contributed by atoms with Gasteiger partial charge in [0.15, 0.2) is 0 Å². The average molecular weight is 457 g/mol. The predicted molar refractivity (Wildman–Crippen MR) is 115 cm³/mol. The van der Waals surface area contributed by atoms with Gasteiger partial charge < -0.3 is 21.1 Å². The molecule has 1 aromatic carbocycles. The van der Waals surface area contributed by atoms with Gasteiger partial charge in [0.1, 0.15) is 0 Å². The molecule has 7 nitrogen and oxygen atoms in total. The molecular formula is C22H30F3N3O4. The van der Waals surface area contributed by atoms with Gasteiger partial charge >= 0.3 is 12.1 Å². The lowest BCUT2D eigenvalue weighted by Crippen LogP contribution is -2.45. The number of nitrogens with zero attached hydrogens (tertiary/aromatic N) is 1. The van der Waals surface area contributed by atoms with Crippen LogP contribution in [0.1, 0.15) is 39.2 Å². The third kappa shape index (κ3) is 8.70. The second-order valence-corrected chi connectivity index (χ2v) is 7.79. The van der Waals surface area contributed by atoms with Crippen molar-refractivity contribution >= 4 is 23.5 Å². The molecule has 0 saturated heterocycles. The smallest absolute Gasteiger partial charge is 0.475 e. The van der Waals surface area contributed by atoms with Gasteiger partial charge in [-0.05, 0) is 36.8 Å². The molecule has 0 aliphatic carbocycles. The first-order valence-corrected chi connectivity index (χ1v) is 10.3. The molecule has 0 bridgehead atoms. The molecule has 0 aromatic heterocycles. The van der Waals surface area contributed by atoms with Crippen molar-refractivity contribution in [1.29, 1.82) is 0 Å². The van der Waals surface area contributed by atoms with E-state index in [1.807, 2.05) is 25.1 Å². The lowest BCUT2D eigenvalue weighted by Gasteiger charge is -2.20. The summed E-state index contributed by atoms with van der Waals surface area (Å²) in [6.45, 7) is 6.76. The van der Waals surface area contributed by atoms with E-state index in [2.05, 4.69) is 25.2 Å². The summed E-state index contributed by atoms with van der Waals surface area (Å²) >= 11 is 0. The zero-order valence-corrected chi connectivity index (χ0v) is 18.4. The first-order valence-electron chi connectivity index (χ1n) is 10.3. The van der Waals surface area contributed by atoms with E-state index in [1.165, 1.54) is 5.56 Å². The molecule has 10 heteroatoms. The Balaban J connectivity index is 0.000000633. The number of aliphatic carboxylic acids is 1. The number of halogens is 3. The maximum atomic E-state index is 12.6. The van der Waals surface area contributed by atoms with Gasteiger partial charge in [-0.15, -0.1) is 0 Å². The van der Waals surface area contributed by atoms with Crippen LogP contribution in [0.2, 0.25) is 0 Å². The van der Waals surface area contributed by atoms with Crippen LogP contribution in [0.4, 0.5) is 18.9 Å². The number of hydrogen-bond acceptors (Lipinski definition) is 4. The van der Waals surface area contributed by atoms with Crippen LogP contribution in [0.25, 0.3) is 0 Å². The van der Waals surface area contributed by atoms with Gasteiger partial charge in [0.05, 0.1) is 6.04 Å². The molecule has 0 radical (unpaired) electrons. The Morgan fingerprint density at radius 1 is 1.25 bits per heavy atom. The van der Waals surface area contributed by atoms with E-state index in [-0.39, 0.29) is 17.9 Å². The number of anilines is 1. The highest BCUT2D eigenvalue weighted by Gasteiger charge is 2.38. The van der Waals surface area contributed by atoms with E-state index in [0.717, 1.165) is 18.5 Å². The lowest BCUT2D eigenvalue weighted by atomic mass is 10.0. The first-order chi connectivity index (χ1) is 14.9. The summed E-state index contributed by atoms with van der Waals surface area (Å²) in [5.74, 6) is -2.58. The predicted octanol–water partition coefficient (Wildman–Crippen LogP) is 3.03. The lowest BCUT2D eigenvalue weighted by molar-refractivity contribution is -0.192. The maximum absolute atomic E-state index is 12.6. The number of rotatable bonds is 7. The van der Waals surface area contributed by atoms with Crippen molar-refractivity contribution in [2.45, 2.75) is 58.3 Å². The number of amides is 2. The fourth-order valence-corrected chi connectivity index (χ4v) is 3.02. The quantitative estimate of drug-likeness (QED) is 0.545. The number of nitrogens with two attached hydrogens (primary N) is 1. The van der Waals surface area contributed by atoms with Crippen LogP contribution in [0, 0.1) is 5.92 Å². The third-order valence-electron chi connectivity index (χ3n) is 4.70. The Hall–Kier alpha value is -2.88. The highest BCUT2D eigenvalue weighted by molar-refractivity contribution is 6.03. The van der Waals surface area contributed by atoms with Gasteiger partial charge in [0.25, 0.3) is 5.91 Å². The van der Waals surface area contributed by atoms with Crippen molar-refractivity contribution in [2.24, 2.45) is 11.7 Å². The average Bonchev–Trinajstić information content (AvgIpc) is 3.14. The largest absolute Gasteiger partial charge is 0.490 e. The second-order valence-electron chi connectivity index (χ2n) is 7.79. The van der Waals surface area contributed by atoms with E-state index in [0.29, 0.717) is 18.9 Å². The Morgan fingerprint density at radius 2 is 1.84 bits per heavy atom. The number of hydrogen-bond donors (Lipinski definition) is 3. The number of alkyl halides is 3. The second kappa shape index (κ2) is 12.2. The maximum Gasteiger partial charge on any atom is 0.490 e. The van der Waals surface area contributed by atoms with Crippen molar-refractivity contribution in [1.82, 2.24) is 5.32 Å². The highest BCUT2D eigenvalue weighted by atomic mass is 19.4. The molecule has 0 unspecified atom stereocenters. The Bertz CT molecular complexity index is 825. The summed E-state index contributed by atoms with van der Waals surface area (Å²) in [4.78, 5) is 35.3. The number of benzene rings is 1. The molecule has 1 aliphatic heterocycles. The van der Waals surface area contributed by atoms with Gasteiger partial charge in [0, 0.05) is 24.4 Å². The number of nitrogens with one attached hydrogen (secondary N) is 1. The number of para-hydroxylation sites is 1. The molecule has 2 amide bonds. The van der Waals surface area contributed by atoms with Gasteiger partial charge in [-0.25, -0.2) is 4.79 Å². The minimum atomic E-state index is -5.08. The number of carboxylic acid groups (broad SMARTS) is 1. The van der Waals surface area contributed by atoms with Crippen molar-refractivity contribution in [3.63, 3.8) is 0 Å². The number of carboxylic acids is 1. The third-order valence-corrected chi connectivity index (χ3v) is 4.70. The molecule has 4 N–H and O–H groups in total. The fourth-order valence-electron chi connectivity index (χ4n) is 3.02. The highest BCUT2D eigenvalue weighted by Crippen LogP contribution is 2.27. The Labute approximate surface area is 185 Å². The van der Waals surface area contributed by atoms with E-state index in [4.69, 9.17) is 15.6 Å². The Kier molecular flexibility index (Phi) is 10.4. The summed E-state index contributed by atoms with van der Waals surface area (Å²) in [6.07, 6.45) is 0.527. The molecule has 1 heterocycles. The van der Waals surface area contributed by atoms with Crippen LogP contribution in [-0.2, 0) is 20.8 Å². The molecule has 1 aromatic rings. The molecule has 0 spiro atoms. The van der Waals surface area contributed by atoms with Crippen LogP contribution in [0.3, 0.4) is 0 Å². The Morgan fingerprint density at radius 3 is 2.38 bits per heavy atom. The van der Waals surface area contributed by atoms with Gasteiger partial charge in [0.2, 0.25) is 5.91 Å². The van der Waals surface area contributed by atoms with E-state index in [1.54, 1.807) is 17.1 Å². The van der Waals surface area contributed by atoms with Crippen LogP contribution in [0.5, 0.6) is 0 Å². The summed E-state index contributed by atoms with van der Waals surface area (Å²) in [5.41, 5.74) is 7.97. The first kappa shape index (κ1) is 27.2. The molecule has 32 heavy (non-hydrogen) atoms. The normalized spacial score (nSPS) is 15.1. The van der Waals surface area contributed by atoms with Gasteiger partial charge in [-0.2, -0.15) is 13.2 Å². The van der Waals surface area contributed by atoms with Crippen molar-refractivity contribution in [3.8, 4) is 0 Å². The SMILES string of the molecule is CC[C@H](N)C(=O)N[C@H](C=CC(=O)N1CCc2ccccc21)CC(C)C.O=C(O)C(F)(F)F. The number of carbonyl (C=O) groups excluding carboxylic acids is 2. The molecule has 178 valence electrons. The van der Waals surface area contributed by atoms with Crippen LogP contribution < -0.4 is 16.0 Å². The monoisotopic (exact) mass is 457 g/mol. The minimum absolute atomic E-state index is 0.0484. The molecular weight excluding hydrogens is 427 g/mol. The minimum Gasteiger partial charge on any atom is -0.475 e. The van der Waals surface area contributed by atoms with Crippen molar-refractivity contribution in [2.75, 3.05) is 11.4 Å². The van der Waals surface area contributed by atoms with Crippen LogP contribution in [0.15, 0.2) is 36.4 Å². The van der Waals surface area contributed by atoms with Gasteiger partial charge in [-0.3, -0.25) is 9.59 Å². The summed E-state index contributed by atoms with van der Waals surface area (Å²) in [5, 5.41) is 10.1. The van der Waals surface area contributed by atoms with E-state index < -0.39 is 18.2 Å². The van der Waals surface area contributed by atoms with Crippen molar-refractivity contribution in [3.05, 3.63) is 42.0 Å². The van der Waals surface area contributed by atoms with Gasteiger partial charge in [-0.1, -0.05) is 45.0 Å². The standard InChI is InChI=1S/C20H29N3O2.C2HF3O2/c1-4-17(21)20(25)22-16(13-14(2)3)9-10-19(24)23-12-11-15-7-5-6-8-18(15)23;3-2(4,5)1(6)7/h5-10,14,16-17H,4,11-13,21H2,1-3H3,(H,22,25);(H,6,7)/t16-,17+;/m1./s1. The van der Waals surface area contributed by atoms with E-state index in [9.17, 15) is 22.8 Å². The topological polar surface area (TPSA) is 113 Å². The summed E-state index contributed by atoms with van der Waals surface area (Å²) < 4.78 is 31.7. The zero-order valence-electron chi connectivity index (χ0n) is 18.4. The number of carbonyl (C=O) groups is 3. The molecule has 0 saturated carbocycles. The van der Waals surface area contributed by atoms with Crippen LogP contribution in [-0.4, -0.2) is 47.7 Å². The van der Waals surface area contributed by atoms with Crippen molar-refractivity contribution < 1.29 is 32.7 Å².